The Morgan fingerprint density at radius 2 is 0.380 bits per heavy atom. The first-order valence-corrected chi connectivity index (χ1v) is 26.5. The van der Waals surface area contributed by atoms with Crippen molar-refractivity contribution in [2.45, 2.75) is 49.4 Å². The van der Waals surface area contributed by atoms with Crippen molar-refractivity contribution < 1.29 is 118 Å². The largest absolute Gasteiger partial charge is 1.00 e. The highest BCUT2D eigenvalue weighted by Crippen LogP contribution is 2.60. The summed E-state index contributed by atoms with van der Waals surface area (Å²) in [4.78, 5) is 0. The van der Waals surface area contributed by atoms with Crippen LogP contribution >= 0.6 is 14.5 Å². The van der Waals surface area contributed by atoms with E-state index < -0.39 is 85.0 Å². The van der Waals surface area contributed by atoms with Crippen molar-refractivity contribution in [2.24, 2.45) is 0 Å². The molecular formula is C56H36Br2F18OP2. The third-order valence-corrected chi connectivity index (χ3v) is 21.5. The van der Waals surface area contributed by atoms with E-state index in [2.05, 4.69) is 0 Å². The van der Waals surface area contributed by atoms with Crippen LogP contribution in [0.25, 0.3) is 0 Å². The van der Waals surface area contributed by atoms with E-state index in [1.165, 1.54) is 24.3 Å². The fourth-order valence-corrected chi connectivity index (χ4v) is 17.2. The molecule has 0 amide bonds. The summed E-state index contributed by atoms with van der Waals surface area (Å²) in [6, 6.07) is 35.3. The van der Waals surface area contributed by atoms with Crippen LogP contribution in [0, 0.1) is 0 Å². The van der Waals surface area contributed by atoms with Gasteiger partial charge in [-0.05, 0) is 181 Å². The van der Waals surface area contributed by atoms with Crippen LogP contribution in [0.2, 0.25) is 0 Å². The lowest BCUT2D eigenvalue weighted by Gasteiger charge is -2.29. The molecule has 0 saturated heterocycles. The van der Waals surface area contributed by atoms with Crippen LogP contribution in [0.4, 0.5) is 79.0 Å². The minimum Gasteiger partial charge on any atom is -1.00 e. The maximum absolute atomic E-state index is 13.8. The zero-order valence-corrected chi connectivity index (χ0v) is 44.7. The van der Waals surface area contributed by atoms with Gasteiger partial charge in [0.05, 0.1) is 45.7 Å². The highest BCUT2D eigenvalue weighted by atomic mass is 79.9. The first-order valence-electron chi connectivity index (χ1n) is 22.6. The summed E-state index contributed by atoms with van der Waals surface area (Å²) < 4.78 is 255. The summed E-state index contributed by atoms with van der Waals surface area (Å²) in [6.07, 6.45) is -29.0. The fourth-order valence-electron chi connectivity index (χ4n) is 8.88. The topological polar surface area (TPSA) is 9.23 Å². The Kier molecular flexibility index (Phi) is 18.4. The van der Waals surface area contributed by atoms with E-state index in [0.29, 0.717) is 11.1 Å². The fraction of sp³-hybridized carbons (Fsp3) is 0.143. The third-order valence-electron chi connectivity index (χ3n) is 12.7. The van der Waals surface area contributed by atoms with E-state index in [4.69, 9.17) is 4.74 Å². The highest BCUT2D eigenvalue weighted by molar-refractivity contribution is 7.95. The minimum atomic E-state index is -4.79. The lowest BCUT2D eigenvalue weighted by Crippen LogP contribution is -3.00. The molecule has 0 saturated carbocycles. The van der Waals surface area contributed by atoms with Crippen molar-refractivity contribution in [2.75, 3.05) is 0 Å². The monoisotopic (exact) mass is 1290 g/mol. The number of rotatable bonds is 12. The third kappa shape index (κ3) is 13.8. The average molecular weight is 1290 g/mol. The van der Waals surface area contributed by atoms with Crippen LogP contribution < -0.4 is 70.5 Å². The van der Waals surface area contributed by atoms with Gasteiger partial charge < -0.3 is 38.7 Å². The Morgan fingerprint density at radius 3 is 0.519 bits per heavy atom. The molecule has 0 unspecified atom stereocenters. The smallest absolute Gasteiger partial charge is 0.416 e. The molecule has 8 aromatic rings. The lowest BCUT2D eigenvalue weighted by molar-refractivity contribution is -0.138. The van der Waals surface area contributed by atoms with Gasteiger partial charge in [-0.15, -0.1) is 0 Å². The molecule has 0 atom stereocenters. The van der Waals surface area contributed by atoms with Gasteiger partial charge in [0.25, 0.3) is 0 Å². The molecule has 0 fully saturated rings. The summed E-state index contributed by atoms with van der Waals surface area (Å²) in [7, 11) is -6.97. The van der Waals surface area contributed by atoms with Crippen molar-refractivity contribution >= 4 is 46.4 Å². The summed E-state index contributed by atoms with van der Waals surface area (Å²) in [5, 5.41) is 1.20. The average Bonchev–Trinajstić information content (AvgIpc) is 3.43. The van der Waals surface area contributed by atoms with E-state index in [1.54, 1.807) is 24.3 Å². The van der Waals surface area contributed by atoms with E-state index in [9.17, 15) is 79.0 Å². The van der Waals surface area contributed by atoms with Gasteiger partial charge in [0.15, 0.2) is 0 Å². The second-order valence-electron chi connectivity index (χ2n) is 17.6. The predicted octanol–water partition coefficient (Wildman–Crippen LogP) is 10.6. The normalized spacial score (nSPS) is 12.8. The molecule has 0 bridgehead atoms. The summed E-state index contributed by atoms with van der Waals surface area (Å²) in [5.41, 5.74) is -5.41. The molecule has 416 valence electrons. The standard InChI is InChI=1S/C56H36F18OP2.2BrH/c57-51(58,59)37-5-21-45(22-6-37)76(46-23-7-38(8-24-46)52(60,61)62,47-25-9-39(10-26-47)53(63,64)65)33-35-1-17-43(18-2-35)75-44-19-3-36(4-20-44)34-77(48-27-11-40(12-28-48)54(66,67)68,49-29-13-41(14-30-49)55(69,70)71)50-31-15-42(16-32-50)56(72,73)74;;/h1-32H,33-34H2;2*1H/q+2;;/p-2. The van der Waals surface area contributed by atoms with Crippen molar-refractivity contribution in [1.82, 2.24) is 0 Å². The number of alkyl halides is 18. The van der Waals surface area contributed by atoms with Gasteiger partial charge in [-0.3, -0.25) is 0 Å². The van der Waals surface area contributed by atoms with E-state index in [-0.39, 0.29) is 89.6 Å². The van der Waals surface area contributed by atoms with Crippen LogP contribution in [0.5, 0.6) is 11.5 Å². The second kappa shape index (κ2) is 23.3. The molecule has 0 heterocycles. The zero-order valence-electron chi connectivity index (χ0n) is 39.8. The van der Waals surface area contributed by atoms with Gasteiger partial charge in [-0.1, -0.05) is 24.3 Å². The second-order valence-corrected chi connectivity index (χ2v) is 24.6. The van der Waals surface area contributed by atoms with Gasteiger partial charge in [-0.2, -0.15) is 79.0 Å². The molecule has 0 aliphatic carbocycles. The molecule has 0 aliphatic rings. The van der Waals surface area contributed by atoms with Gasteiger partial charge in [-0.25, -0.2) is 0 Å². The molecule has 0 N–H and O–H groups in total. The Bertz CT molecular complexity index is 2780. The van der Waals surface area contributed by atoms with Gasteiger partial charge in [0.1, 0.15) is 57.9 Å². The van der Waals surface area contributed by atoms with Crippen molar-refractivity contribution in [3.63, 3.8) is 0 Å². The molecule has 79 heavy (non-hydrogen) atoms. The first-order chi connectivity index (χ1) is 35.9. The van der Waals surface area contributed by atoms with E-state index in [0.717, 1.165) is 146 Å². The Labute approximate surface area is 461 Å². The molecule has 0 aromatic heterocycles. The van der Waals surface area contributed by atoms with Crippen LogP contribution in [0.1, 0.15) is 44.5 Å². The Morgan fingerprint density at radius 1 is 0.228 bits per heavy atom. The molecular weight excluding hydrogens is 1250 g/mol. The van der Waals surface area contributed by atoms with Crippen molar-refractivity contribution in [1.29, 1.82) is 0 Å². The molecule has 8 rings (SSSR count). The lowest BCUT2D eigenvalue weighted by atomic mass is 10.2. The first kappa shape index (κ1) is 62.3. The number of benzene rings is 8. The van der Waals surface area contributed by atoms with Crippen LogP contribution in [0.3, 0.4) is 0 Å². The van der Waals surface area contributed by atoms with Gasteiger partial charge in [0.2, 0.25) is 0 Å². The molecule has 1 nitrogen and oxygen atoms in total. The molecule has 0 aliphatic heterocycles. The Hall–Kier alpha value is -5.88. The van der Waals surface area contributed by atoms with Crippen molar-refractivity contribution in [3.8, 4) is 11.5 Å². The maximum Gasteiger partial charge on any atom is 0.416 e. The Balaban J connectivity index is 0.00000504. The highest BCUT2D eigenvalue weighted by Gasteiger charge is 2.49. The maximum atomic E-state index is 13.8. The number of hydrogen-bond acceptors (Lipinski definition) is 1. The van der Waals surface area contributed by atoms with Crippen LogP contribution in [-0.2, 0) is 49.4 Å². The van der Waals surface area contributed by atoms with Crippen LogP contribution in [-0.4, -0.2) is 0 Å². The number of halogens is 20. The quantitative estimate of drug-likeness (QED) is 0.0875. The molecule has 0 spiro atoms. The summed E-state index contributed by atoms with van der Waals surface area (Å²) in [5.74, 6) is 0.371. The SMILES string of the molecule is FC(F)(F)c1ccc([P+](Cc2ccc(Oc3ccc(C[P+](c4ccc(C(F)(F)F)cc4)(c4ccc(C(F)(F)F)cc4)c4ccc(C(F)(F)F)cc4)cc3)cc2)(c2ccc(C(F)(F)F)cc2)c2ccc(C(F)(F)F)cc2)cc1.[Br-].[Br-]. The van der Waals surface area contributed by atoms with Crippen molar-refractivity contribution in [3.05, 3.63) is 239 Å². The summed E-state index contributed by atoms with van der Waals surface area (Å²) >= 11 is 0. The number of hydrogen-bond donors (Lipinski definition) is 0. The van der Waals surface area contributed by atoms with Gasteiger partial charge in [0, 0.05) is 0 Å². The minimum absolute atomic E-state index is 0. The predicted molar refractivity (Wildman–Crippen MR) is 261 cm³/mol. The van der Waals surface area contributed by atoms with Crippen LogP contribution in [0.15, 0.2) is 194 Å². The summed E-state index contributed by atoms with van der Waals surface area (Å²) in [6.45, 7) is 0. The van der Waals surface area contributed by atoms with Gasteiger partial charge >= 0.3 is 37.1 Å². The molecule has 0 radical (unpaired) electrons. The van der Waals surface area contributed by atoms with E-state index >= 15 is 0 Å². The zero-order chi connectivity index (χ0) is 56.0. The molecule has 8 aromatic carbocycles. The van der Waals surface area contributed by atoms with E-state index in [1.807, 2.05) is 0 Å². The number of ether oxygens (including phenoxy) is 1. The molecule has 23 heteroatoms.